The molecule has 3 atom stereocenters. The first-order chi connectivity index (χ1) is 12.4. The molecule has 7 nitrogen and oxygen atoms in total. The van der Waals surface area contributed by atoms with Gasteiger partial charge in [-0.3, -0.25) is 0 Å². The van der Waals surface area contributed by atoms with E-state index in [1.165, 1.54) is 15.4 Å². The van der Waals surface area contributed by atoms with Crippen LogP contribution in [-0.2, 0) is 10.2 Å². The highest BCUT2D eigenvalue weighted by Gasteiger charge is 2.58. The number of nitrogens with zero attached hydrogens (tertiary/aromatic N) is 3. The van der Waals surface area contributed by atoms with Crippen molar-refractivity contribution >= 4 is 10.2 Å². The first kappa shape index (κ1) is 16.4. The Bertz CT molecular complexity index is 962. The third kappa shape index (κ3) is 2.16. The molecule has 1 aromatic carbocycles. The topological polar surface area (TPSA) is 101 Å². The summed E-state index contributed by atoms with van der Waals surface area (Å²) in [6, 6.07) is 8.40. The summed E-state index contributed by atoms with van der Waals surface area (Å²) < 4.78 is 26.6. The molecule has 1 spiro atoms. The van der Waals surface area contributed by atoms with Crippen LogP contribution < -0.4 is 5.14 Å². The van der Waals surface area contributed by atoms with Crippen LogP contribution in [0.5, 0.6) is 0 Å². The summed E-state index contributed by atoms with van der Waals surface area (Å²) in [6.07, 6.45) is 5.49. The van der Waals surface area contributed by atoms with Crippen LogP contribution in [-0.4, -0.2) is 46.6 Å². The highest BCUT2D eigenvalue weighted by Crippen LogP contribution is 2.59. The van der Waals surface area contributed by atoms with Crippen molar-refractivity contribution < 1.29 is 13.5 Å². The summed E-state index contributed by atoms with van der Waals surface area (Å²) in [7, 11) is -3.64. The van der Waals surface area contributed by atoms with Gasteiger partial charge in [0.2, 0.25) is 0 Å². The number of nitrogens with two attached hydrogens (primary N) is 1. The molecule has 0 bridgehead atoms. The summed E-state index contributed by atoms with van der Waals surface area (Å²) in [6.45, 7) is 0.778. The molecule has 0 radical (unpaired) electrons. The fourth-order valence-electron chi connectivity index (χ4n) is 5.28. The van der Waals surface area contributed by atoms with Crippen molar-refractivity contribution in [2.45, 2.75) is 31.4 Å². The minimum Gasteiger partial charge on any atom is -0.392 e. The van der Waals surface area contributed by atoms with E-state index in [0.717, 1.165) is 12.1 Å². The average molecular weight is 374 g/mol. The molecule has 3 N–H and O–H groups in total. The molecule has 26 heavy (non-hydrogen) atoms. The largest absolute Gasteiger partial charge is 0.392 e. The van der Waals surface area contributed by atoms with Gasteiger partial charge in [0.25, 0.3) is 10.2 Å². The molecule has 1 aliphatic carbocycles. The maximum absolute atomic E-state index is 11.5. The highest BCUT2D eigenvalue weighted by molar-refractivity contribution is 7.86. The molecule has 3 heterocycles. The number of hydrogen-bond donors (Lipinski definition) is 2. The lowest BCUT2D eigenvalue weighted by molar-refractivity contribution is -0.152. The number of imidazole rings is 1. The van der Waals surface area contributed by atoms with E-state index in [1.54, 1.807) is 0 Å². The van der Waals surface area contributed by atoms with Crippen molar-refractivity contribution in [2.24, 2.45) is 16.5 Å². The Balaban J connectivity index is 1.40. The standard InChI is InChI=1S/C18H22N4O3S/c19-26(24,25)21-7-5-18(6-8-21)9-14(17(18)23)16-13-4-2-1-3-12(13)15-10-20-11-22(15)16/h1-4,10-11,14,16-17,23H,5-9H2,(H2,19,24,25)/t14-,16+,17-/m0/s1. The Morgan fingerprint density at radius 2 is 1.96 bits per heavy atom. The number of aromatic nitrogens is 2. The monoisotopic (exact) mass is 374 g/mol. The Kier molecular flexibility index (Phi) is 3.40. The molecular weight excluding hydrogens is 352 g/mol. The van der Waals surface area contributed by atoms with Gasteiger partial charge in [-0.15, -0.1) is 0 Å². The number of hydrogen-bond acceptors (Lipinski definition) is 4. The van der Waals surface area contributed by atoms with Crippen molar-refractivity contribution in [3.05, 3.63) is 42.4 Å². The van der Waals surface area contributed by atoms with Crippen LogP contribution in [0, 0.1) is 11.3 Å². The molecule has 3 aliphatic rings. The van der Waals surface area contributed by atoms with Gasteiger partial charge in [0, 0.05) is 24.6 Å². The SMILES string of the molecule is NS(=O)(=O)N1CCC2(CC1)C[C@@H]([C@H]1c3ccccc3-c3cncn31)[C@@H]2O. The Hall–Kier alpha value is -1.74. The van der Waals surface area contributed by atoms with Crippen LogP contribution in [0.3, 0.4) is 0 Å². The maximum atomic E-state index is 11.5. The number of piperidine rings is 1. The van der Waals surface area contributed by atoms with Crippen LogP contribution in [0.15, 0.2) is 36.8 Å². The van der Waals surface area contributed by atoms with Gasteiger partial charge < -0.3 is 9.67 Å². The van der Waals surface area contributed by atoms with Gasteiger partial charge in [0.15, 0.2) is 0 Å². The number of aliphatic hydroxyl groups is 1. The van der Waals surface area contributed by atoms with Crippen LogP contribution in [0.4, 0.5) is 0 Å². The average Bonchev–Trinajstić information content (AvgIpc) is 3.20. The number of rotatable bonds is 2. The lowest BCUT2D eigenvalue weighted by Gasteiger charge is -2.57. The molecule has 0 unspecified atom stereocenters. The lowest BCUT2D eigenvalue weighted by atomic mass is 9.53. The predicted molar refractivity (Wildman–Crippen MR) is 96.3 cm³/mol. The number of aliphatic hydroxyl groups excluding tert-OH is 1. The number of fused-ring (bicyclic) bond motifs is 3. The van der Waals surface area contributed by atoms with E-state index in [-0.39, 0.29) is 17.4 Å². The quantitative estimate of drug-likeness (QED) is 0.822. The van der Waals surface area contributed by atoms with Gasteiger partial charge in [0.05, 0.1) is 30.4 Å². The summed E-state index contributed by atoms with van der Waals surface area (Å²) in [4.78, 5) is 4.29. The van der Waals surface area contributed by atoms with Gasteiger partial charge in [-0.05, 0) is 30.2 Å². The maximum Gasteiger partial charge on any atom is 0.276 e. The second-order valence-electron chi connectivity index (χ2n) is 7.84. The third-order valence-corrected chi connectivity index (χ3v) is 7.76. The third-order valence-electron chi connectivity index (χ3n) is 6.68. The molecule has 1 saturated carbocycles. The van der Waals surface area contributed by atoms with Gasteiger partial charge >= 0.3 is 0 Å². The van der Waals surface area contributed by atoms with E-state index in [0.29, 0.717) is 25.9 Å². The van der Waals surface area contributed by atoms with Crippen molar-refractivity contribution in [1.82, 2.24) is 13.9 Å². The zero-order chi connectivity index (χ0) is 18.1. The highest BCUT2D eigenvalue weighted by atomic mass is 32.2. The first-order valence-electron chi connectivity index (χ1n) is 8.98. The van der Waals surface area contributed by atoms with E-state index in [9.17, 15) is 13.5 Å². The minimum absolute atomic E-state index is 0.0978. The fourth-order valence-corrected chi connectivity index (χ4v) is 5.97. The molecule has 1 saturated heterocycles. The summed E-state index contributed by atoms with van der Waals surface area (Å²) in [5, 5.41) is 16.3. The van der Waals surface area contributed by atoms with Crippen LogP contribution >= 0.6 is 0 Å². The molecule has 2 aromatic rings. The van der Waals surface area contributed by atoms with Gasteiger partial charge in [0.1, 0.15) is 0 Å². The Labute approximate surface area is 152 Å². The van der Waals surface area contributed by atoms with Crippen LogP contribution in [0.1, 0.15) is 30.9 Å². The summed E-state index contributed by atoms with van der Waals surface area (Å²) >= 11 is 0. The molecule has 0 amide bonds. The van der Waals surface area contributed by atoms with Gasteiger partial charge in [-0.2, -0.15) is 12.7 Å². The molecule has 8 heteroatoms. The lowest BCUT2D eigenvalue weighted by Crippen LogP contribution is -2.60. The van der Waals surface area contributed by atoms with Crippen LogP contribution in [0.25, 0.3) is 11.3 Å². The van der Waals surface area contributed by atoms with E-state index in [1.807, 2.05) is 24.7 Å². The Morgan fingerprint density at radius 3 is 2.65 bits per heavy atom. The normalized spacial score (nSPS) is 30.0. The fraction of sp³-hybridized carbons (Fsp3) is 0.500. The van der Waals surface area contributed by atoms with E-state index in [4.69, 9.17) is 5.14 Å². The van der Waals surface area contributed by atoms with Gasteiger partial charge in [-0.1, -0.05) is 24.3 Å². The zero-order valence-corrected chi connectivity index (χ0v) is 15.1. The molecule has 2 fully saturated rings. The molecule has 138 valence electrons. The van der Waals surface area contributed by atoms with Crippen molar-refractivity contribution in [3.63, 3.8) is 0 Å². The molecule has 5 rings (SSSR count). The zero-order valence-electron chi connectivity index (χ0n) is 14.3. The second kappa shape index (κ2) is 5.39. The molecule has 2 aliphatic heterocycles. The van der Waals surface area contributed by atoms with Crippen molar-refractivity contribution in [2.75, 3.05) is 13.1 Å². The molecular formula is C18H22N4O3S. The Morgan fingerprint density at radius 1 is 1.23 bits per heavy atom. The van der Waals surface area contributed by atoms with Crippen molar-refractivity contribution in [1.29, 1.82) is 0 Å². The van der Waals surface area contributed by atoms with E-state index in [2.05, 4.69) is 21.7 Å². The predicted octanol–water partition coefficient (Wildman–Crippen LogP) is 1.12. The number of benzene rings is 1. The van der Waals surface area contributed by atoms with Crippen LogP contribution in [0.2, 0.25) is 0 Å². The summed E-state index contributed by atoms with van der Waals surface area (Å²) in [5.41, 5.74) is 3.34. The molecule has 1 aromatic heterocycles. The van der Waals surface area contributed by atoms with Gasteiger partial charge in [-0.25, -0.2) is 10.1 Å². The van der Waals surface area contributed by atoms with Crippen molar-refractivity contribution in [3.8, 4) is 11.3 Å². The van der Waals surface area contributed by atoms with E-state index < -0.39 is 16.3 Å². The summed E-state index contributed by atoms with van der Waals surface area (Å²) in [5.74, 6) is 0.118. The second-order valence-corrected chi connectivity index (χ2v) is 9.38. The minimum atomic E-state index is -3.64. The first-order valence-corrected chi connectivity index (χ1v) is 10.5. The van der Waals surface area contributed by atoms with E-state index >= 15 is 0 Å². The smallest absolute Gasteiger partial charge is 0.276 e.